The van der Waals surface area contributed by atoms with Gasteiger partial charge in [-0.15, -0.1) is 0 Å². The zero-order valence-corrected chi connectivity index (χ0v) is 11.6. The molecule has 0 aliphatic carbocycles. The van der Waals surface area contributed by atoms with Crippen molar-refractivity contribution >= 4 is 10.0 Å². The van der Waals surface area contributed by atoms with Gasteiger partial charge in [0, 0.05) is 26.2 Å². The number of aliphatic hydroxyl groups is 1. The lowest BCUT2D eigenvalue weighted by atomic mass is 10.3. The molecule has 1 heterocycles. The third kappa shape index (κ3) is 4.91. The van der Waals surface area contributed by atoms with Crippen LogP contribution in [0.25, 0.3) is 0 Å². The second-order valence-corrected chi connectivity index (χ2v) is 7.00. The van der Waals surface area contributed by atoms with Crippen molar-refractivity contribution in [2.24, 2.45) is 5.92 Å². The number of hydrogen-bond donors (Lipinski definition) is 1. The minimum Gasteiger partial charge on any atom is -0.395 e. The molecular formula is C11H24N2O3S. The van der Waals surface area contributed by atoms with Crippen LogP contribution in [0, 0.1) is 5.92 Å². The molecule has 0 aromatic rings. The van der Waals surface area contributed by atoms with Gasteiger partial charge in [-0.2, -0.15) is 0 Å². The normalized spacial score (nSPS) is 20.7. The topological polar surface area (TPSA) is 60.9 Å². The second-order valence-electron chi connectivity index (χ2n) is 4.99. The number of sulfonamides is 1. The fourth-order valence-corrected chi connectivity index (χ4v) is 3.94. The summed E-state index contributed by atoms with van der Waals surface area (Å²) >= 11 is 0. The maximum absolute atomic E-state index is 12.1. The van der Waals surface area contributed by atoms with Crippen LogP contribution in [0.5, 0.6) is 0 Å². The van der Waals surface area contributed by atoms with Gasteiger partial charge >= 0.3 is 0 Å². The molecule has 1 fully saturated rings. The molecule has 0 atom stereocenters. The predicted molar refractivity (Wildman–Crippen MR) is 68.3 cm³/mol. The third-order valence-corrected chi connectivity index (χ3v) is 5.14. The van der Waals surface area contributed by atoms with Crippen LogP contribution in [0.1, 0.15) is 20.3 Å². The quantitative estimate of drug-likeness (QED) is 0.758. The maximum Gasteiger partial charge on any atom is 0.214 e. The average molecular weight is 264 g/mol. The van der Waals surface area contributed by atoms with Crippen molar-refractivity contribution < 1.29 is 13.5 Å². The highest BCUT2D eigenvalue weighted by Crippen LogP contribution is 2.11. The van der Waals surface area contributed by atoms with Gasteiger partial charge in [0.2, 0.25) is 10.0 Å². The molecule has 1 saturated heterocycles. The van der Waals surface area contributed by atoms with Crippen molar-refractivity contribution in [3.05, 3.63) is 0 Å². The molecule has 0 aromatic heterocycles. The van der Waals surface area contributed by atoms with E-state index in [2.05, 4.69) is 4.90 Å². The van der Waals surface area contributed by atoms with Gasteiger partial charge in [0.1, 0.15) is 0 Å². The molecule has 102 valence electrons. The second kappa shape index (κ2) is 6.68. The summed E-state index contributed by atoms with van der Waals surface area (Å²) in [5, 5.41) is 8.88. The first-order valence-corrected chi connectivity index (χ1v) is 7.87. The summed E-state index contributed by atoms with van der Waals surface area (Å²) in [5.74, 6) is 0.393. The van der Waals surface area contributed by atoms with Crippen LogP contribution < -0.4 is 0 Å². The number of rotatable bonds is 5. The lowest BCUT2D eigenvalue weighted by molar-refractivity contribution is 0.202. The smallest absolute Gasteiger partial charge is 0.214 e. The Balaban J connectivity index is 2.56. The van der Waals surface area contributed by atoms with E-state index in [1.165, 1.54) is 0 Å². The standard InChI is InChI=1S/C11H24N2O3S/c1-11(2)10-17(15,16)13-5-3-4-12(6-7-13)8-9-14/h11,14H,3-10H2,1-2H3. The van der Waals surface area contributed by atoms with Gasteiger partial charge in [-0.3, -0.25) is 4.90 Å². The number of nitrogens with zero attached hydrogens (tertiary/aromatic N) is 2. The summed E-state index contributed by atoms with van der Waals surface area (Å²) in [7, 11) is -3.10. The third-order valence-electron chi connectivity index (χ3n) is 2.90. The van der Waals surface area contributed by atoms with Crippen LogP contribution in [0.15, 0.2) is 0 Å². The Labute approximate surface area is 104 Å². The average Bonchev–Trinajstić information content (AvgIpc) is 2.42. The Kier molecular flexibility index (Phi) is 5.85. The SMILES string of the molecule is CC(C)CS(=O)(=O)N1CCCN(CCO)CC1. The molecule has 1 aliphatic heterocycles. The van der Waals surface area contributed by atoms with E-state index in [0.29, 0.717) is 19.6 Å². The molecule has 5 nitrogen and oxygen atoms in total. The van der Waals surface area contributed by atoms with E-state index in [1.807, 2.05) is 13.8 Å². The molecule has 0 amide bonds. The zero-order valence-electron chi connectivity index (χ0n) is 10.8. The molecular weight excluding hydrogens is 240 g/mol. The van der Waals surface area contributed by atoms with Crippen LogP contribution >= 0.6 is 0 Å². The summed E-state index contributed by atoms with van der Waals surface area (Å²) in [6.07, 6.45) is 0.845. The highest BCUT2D eigenvalue weighted by atomic mass is 32.2. The van der Waals surface area contributed by atoms with E-state index in [9.17, 15) is 8.42 Å². The Morgan fingerprint density at radius 1 is 1.18 bits per heavy atom. The molecule has 0 spiro atoms. The van der Waals surface area contributed by atoms with Crippen molar-refractivity contribution in [2.75, 3.05) is 45.1 Å². The van der Waals surface area contributed by atoms with Crippen molar-refractivity contribution in [3.8, 4) is 0 Å². The molecule has 17 heavy (non-hydrogen) atoms. The van der Waals surface area contributed by atoms with Crippen molar-refractivity contribution in [2.45, 2.75) is 20.3 Å². The largest absolute Gasteiger partial charge is 0.395 e. The van der Waals surface area contributed by atoms with E-state index in [4.69, 9.17) is 5.11 Å². The zero-order chi connectivity index (χ0) is 12.9. The van der Waals surface area contributed by atoms with Crippen LogP contribution in [-0.2, 0) is 10.0 Å². The van der Waals surface area contributed by atoms with Gasteiger partial charge in [-0.1, -0.05) is 13.8 Å². The monoisotopic (exact) mass is 264 g/mol. The van der Waals surface area contributed by atoms with Gasteiger partial charge in [0.05, 0.1) is 12.4 Å². The van der Waals surface area contributed by atoms with Crippen LogP contribution in [-0.4, -0.2) is 67.8 Å². The first-order valence-electron chi connectivity index (χ1n) is 6.26. The number of hydrogen-bond acceptors (Lipinski definition) is 4. The molecule has 1 rings (SSSR count). The van der Waals surface area contributed by atoms with Crippen molar-refractivity contribution in [1.29, 1.82) is 0 Å². The van der Waals surface area contributed by atoms with Gasteiger partial charge in [-0.25, -0.2) is 12.7 Å². The molecule has 0 saturated carbocycles. The summed E-state index contributed by atoms with van der Waals surface area (Å²) in [6.45, 7) is 7.37. The van der Waals surface area contributed by atoms with Crippen LogP contribution in [0.4, 0.5) is 0 Å². The van der Waals surface area contributed by atoms with E-state index in [-0.39, 0.29) is 18.3 Å². The molecule has 0 radical (unpaired) electrons. The summed E-state index contributed by atoms with van der Waals surface area (Å²) < 4.78 is 25.7. The van der Waals surface area contributed by atoms with E-state index in [0.717, 1.165) is 19.5 Å². The predicted octanol–water partition coefficient (Wildman–Crippen LogP) is -0.0278. The van der Waals surface area contributed by atoms with E-state index >= 15 is 0 Å². The number of aliphatic hydroxyl groups excluding tert-OH is 1. The minimum atomic E-state index is -3.10. The Morgan fingerprint density at radius 2 is 1.88 bits per heavy atom. The fourth-order valence-electron chi connectivity index (χ4n) is 2.12. The summed E-state index contributed by atoms with van der Waals surface area (Å²) in [6, 6.07) is 0. The van der Waals surface area contributed by atoms with Gasteiger partial charge < -0.3 is 5.11 Å². The molecule has 0 bridgehead atoms. The Morgan fingerprint density at radius 3 is 2.47 bits per heavy atom. The minimum absolute atomic E-state index is 0.138. The van der Waals surface area contributed by atoms with E-state index < -0.39 is 10.0 Å². The van der Waals surface area contributed by atoms with E-state index in [1.54, 1.807) is 4.31 Å². The Hall–Kier alpha value is -0.170. The number of β-amino-alcohol motifs (C(OH)–C–C–N with tert-alkyl or cyclic N) is 1. The highest BCUT2D eigenvalue weighted by molar-refractivity contribution is 7.89. The first-order chi connectivity index (χ1) is 7.95. The lowest BCUT2D eigenvalue weighted by Gasteiger charge is -2.22. The van der Waals surface area contributed by atoms with Gasteiger partial charge in [-0.05, 0) is 18.9 Å². The van der Waals surface area contributed by atoms with Crippen molar-refractivity contribution in [1.82, 2.24) is 9.21 Å². The van der Waals surface area contributed by atoms with Gasteiger partial charge in [0.15, 0.2) is 0 Å². The van der Waals surface area contributed by atoms with Crippen LogP contribution in [0.3, 0.4) is 0 Å². The van der Waals surface area contributed by atoms with Crippen molar-refractivity contribution in [3.63, 3.8) is 0 Å². The highest BCUT2D eigenvalue weighted by Gasteiger charge is 2.25. The Bertz CT molecular complexity index is 317. The molecule has 6 heteroatoms. The maximum atomic E-state index is 12.1. The first kappa shape index (κ1) is 14.9. The fraction of sp³-hybridized carbons (Fsp3) is 1.00. The summed E-state index contributed by atoms with van der Waals surface area (Å²) in [5.41, 5.74) is 0. The summed E-state index contributed by atoms with van der Waals surface area (Å²) in [4.78, 5) is 2.12. The van der Waals surface area contributed by atoms with Crippen LogP contribution in [0.2, 0.25) is 0 Å². The molecule has 1 N–H and O–H groups in total. The molecule has 0 unspecified atom stereocenters. The van der Waals surface area contributed by atoms with Gasteiger partial charge in [0.25, 0.3) is 0 Å². The lowest BCUT2D eigenvalue weighted by Crippen LogP contribution is -2.38. The molecule has 0 aromatic carbocycles. The molecule has 1 aliphatic rings.